The molecule has 3 N–H and O–H groups in total. The first-order chi connectivity index (χ1) is 14.0. The van der Waals surface area contributed by atoms with Crippen molar-refractivity contribution < 1.29 is 18.8 Å². The highest BCUT2D eigenvalue weighted by atomic mass is 28.4. The fraction of sp³-hybridized carbons (Fsp3) is 0.667. The number of primary amides is 1. The predicted octanol–water partition coefficient (Wildman–Crippen LogP) is 4.68. The number of amides is 1. The molecule has 0 radical (unpaired) electrons. The maximum atomic E-state index is 13.5. The maximum absolute atomic E-state index is 13.5. The van der Waals surface area contributed by atoms with Crippen molar-refractivity contribution in [3.8, 4) is 0 Å². The third kappa shape index (κ3) is 8.75. The normalized spacial score (nSPS) is 15.8. The van der Waals surface area contributed by atoms with Gasteiger partial charge in [0.15, 0.2) is 20.2 Å². The van der Waals surface area contributed by atoms with Crippen LogP contribution in [0.15, 0.2) is 30.3 Å². The molecule has 0 heterocycles. The largest absolute Gasteiger partial charge is 0.438 e. The minimum atomic E-state index is -1.92. The molecule has 176 valence electrons. The summed E-state index contributed by atoms with van der Waals surface area (Å²) in [5.41, 5.74) is 5.80. The van der Waals surface area contributed by atoms with E-state index in [1.807, 2.05) is 58.0 Å². The summed E-state index contributed by atoms with van der Waals surface area (Å²) < 4.78 is 11.7. The van der Waals surface area contributed by atoms with Gasteiger partial charge in [-0.05, 0) is 36.0 Å². The molecular formula is C24H42N2O4Si. The van der Waals surface area contributed by atoms with Crippen LogP contribution in [-0.2, 0) is 20.4 Å². The van der Waals surface area contributed by atoms with Crippen molar-refractivity contribution in [1.29, 1.82) is 0 Å². The van der Waals surface area contributed by atoms with Crippen LogP contribution in [0.25, 0.3) is 0 Å². The van der Waals surface area contributed by atoms with E-state index in [4.69, 9.17) is 14.9 Å². The summed E-state index contributed by atoms with van der Waals surface area (Å²) in [5.74, 6) is -0.185. The molecule has 0 aliphatic heterocycles. The van der Waals surface area contributed by atoms with Gasteiger partial charge in [-0.2, -0.15) is 0 Å². The quantitative estimate of drug-likeness (QED) is 0.505. The Kier molecular flexibility index (Phi) is 9.47. The minimum absolute atomic E-state index is 0.0526. The molecule has 0 aromatic heterocycles. The van der Waals surface area contributed by atoms with Crippen LogP contribution in [0.1, 0.15) is 54.0 Å². The van der Waals surface area contributed by atoms with Gasteiger partial charge in [-0.15, -0.1) is 0 Å². The minimum Gasteiger partial charge on any atom is -0.438 e. The lowest BCUT2D eigenvalue weighted by atomic mass is 9.81. The lowest BCUT2D eigenvalue weighted by Gasteiger charge is -2.39. The number of hydrogen-bond donors (Lipinski definition) is 2. The van der Waals surface area contributed by atoms with Crippen LogP contribution >= 0.6 is 0 Å². The molecular weight excluding hydrogens is 408 g/mol. The molecule has 0 fully saturated rings. The zero-order valence-corrected chi connectivity index (χ0v) is 21.7. The zero-order chi connectivity index (χ0) is 24.0. The highest BCUT2D eigenvalue weighted by Gasteiger charge is 2.40. The summed E-state index contributed by atoms with van der Waals surface area (Å²) >= 11 is 0. The van der Waals surface area contributed by atoms with Crippen LogP contribution in [0.3, 0.4) is 0 Å². The van der Waals surface area contributed by atoms with E-state index in [2.05, 4.69) is 39.2 Å². The summed E-state index contributed by atoms with van der Waals surface area (Å²) in [5, 5.41) is 3.50. The average Bonchev–Trinajstić information content (AvgIpc) is 2.59. The molecule has 0 spiro atoms. The fourth-order valence-electron chi connectivity index (χ4n) is 3.19. The Morgan fingerprint density at radius 1 is 1.06 bits per heavy atom. The number of Topliss-reactive ketones (excluding diaryl/α,β-unsaturated/α-hetero) is 1. The number of nitrogens with two attached hydrogens (primary N) is 1. The van der Waals surface area contributed by atoms with Crippen molar-refractivity contribution in [2.45, 2.75) is 91.3 Å². The van der Waals surface area contributed by atoms with Crippen molar-refractivity contribution in [2.24, 2.45) is 11.1 Å². The summed E-state index contributed by atoms with van der Waals surface area (Å²) in [6, 6.07) is 8.96. The molecule has 1 aromatic carbocycles. The van der Waals surface area contributed by atoms with E-state index in [9.17, 15) is 9.59 Å². The van der Waals surface area contributed by atoms with Crippen molar-refractivity contribution in [3.05, 3.63) is 35.9 Å². The van der Waals surface area contributed by atoms with E-state index in [1.165, 1.54) is 0 Å². The molecule has 1 amide bonds. The SMILES string of the molecule is C[C@@H](CN[C@H](C(=O)C(Cc1ccccc1)OC(N)=O)C(C)(C)C)O[Si](C)(C)C(C)(C)C. The van der Waals surface area contributed by atoms with E-state index >= 15 is 0 Å². The van der Waals surface area contributed by atoms with Gasteiger partial charge in [-0.3, -0.25) is 4.79 Å². The first-order valence-electron chi connectivity index (χ1n) is 11.0. The van der Waals surface area contributed by atoms with Crippen molar-refractivity contribution >= 4 is 20.2 Å². The van der Waals surface area contributed by atoms with Crippen LogP contribution in [0, 0.1) is 5.41 Å². The van der Waals surface area contributed by atoms with Gasteiger partial charge in [0.1, 0.15) is 0 Å². The maximum Gasteiger partial charge on any atom is 0.405 e. The van der Waals surface area contributed by atoms with E-state index in [-0.39, 0.29) is 28.8 Å². The summed E-state index contributed by atoms with van der Waals surface area (Å²) in [7, 11) is -1.92. The monoisotopic (exact) mass is 450 g/mol. The first-order valence-corrected chi connectivity index (χ1v) is 13.9. The Labute approximate surface area is 189 Å². The Morgan fingerprint density at radius 3 is 2.06 bits per heavy atom. The van der Waals surface area contributed by atoms with Gasteiger partial charge in [-0.25, -0.2) is 4.79 Å². The van der Waals surface area contributed by atoms with Crippen LogP contribution < -0.4 is 11.1 Å². The van der Waals surface area contributed by atoms with Gasteiger partial charge in [0.25, 0.3) is 0 Å². The fourth-order valence-corrected chi connectivity index (χ4v) is 4.64. The molecule has 6 nitrogen and oxygen atoms in total. The van der Waals surface area contributed by atoms with Gasteiger partial charge in [0.05, 0.1) is 12.1 Å². The molecule has 1 rings (SSSR count). The Balaban J connectivity index is 2.97. The Hall–Kier alpha value is -1.70. The molecule has 1 unspecified atom stereocenters. The topological polar surface area (TPSA) is 90.6 Å². The Morgan fingerprint density at radius 2 is 1.61 bits per heavy atom. The highest BCUT2D eigenvalue weighted by Crippen LogP contribution is 2.37. The number of nitrogens with one attached hydrogen (secondary N) is 1. The molecule has 0 saturated heterocycles. The van der Waals surface area contributed by atoms with Crippen molar-refractivity contribution in [3.63, 3.8) is 0 Å². The second kappa shape index (κ2) is 10.7. The number of benzene rings is 1. The van der Waals surface area contributed by atoms with Gasteiger partial charge < -0.3 is 20.2 Å². The van der Waals surface area contributed by atoms with Crippen molar-refractivity contribution in [1.82, 2.24) is 5.32 Å². The number of rotatable bonds is 10. The van der Waals surface area contributed by atoms with Crippen molar-refractivity contribution in [2.75, 3.05) is 6.54 Å². The predicted molar refractivity (Wildman–Crippen MR) is 129 cm³/mol. The number of carbonyl (C=O) groups is 2. The molecule has 7 heteroatoms. The molecule has 0 aliphatic rings. The first kappa shape index (κ1) is 27.3. The standard InChI is InChI=1S/C24H42N2O4Si/c1-17(30-31(8,9)24(5,6)7)16-26-21(23(2,3)4)20(27)19(29-22(25)28)15-18-13-11-10-12-14-18/h10-14,17,19,21,26H,15-16H2,1-9H3,(H2,25,28)/t17-,19?,21+/m0/s1. The average molecular weight is 451 g/mol. The molecule has 31 heavy (non-hydrogen) atoms. The van der Waals surface area contributed by atoms with Gasteiger partial charge in [-0.1, -0.05) is 71.9 Å². The number of ether oxygens (including phenoxy) is 1. The summed E-state index contributed by atoms with van der Waals surface area (Å²) in [6.45, 7) is 19.6. The smallest absolute Gasteiger partial charge is 0.405 e. The summed E-state index contributed by atoms with van der Waals surface area (Å²) in [6.07, 6.45) is -1.67. The van der Waals surface area contributed by atoms with E-state index in [0.29, 0.717) is 6.54 Å². The van der Waals surface area contributed by atoms with E-state index in [1.54, 1.807) is 0 Å². The van der Waals surface area contributed by atoms with E-state index in [0.717, 1.165) is 5.56 Å². The zero-order valence-electron chi connectivity index (χ0n) is 20.7. The van der Waals surface area contributed by atoms with E-state index < -0.39 is 26.6 Å². The number of hydrogen-bond acceptors (Lipinski definition) is 5. The highest BCUT2D eigenvalue weighted by molar-refractivity contribution is 6.74. The summed E-state index contributed by atoms with van der Waals surface area (Å²) in [4.78, 5) is 25.0. The van der Waals surface area contributed by atoms with Crippen LogP contribution in [-0.4, -0.2) is 45.0 Å². The lowest BCUT2D eigenvalue weighted by Crippen LogP contribution is -2.54. The molecule has 1 aromatic rings. The Bertz CT molecular complexity index is 723. The van der Waals surface area contributed by atoms with Crippen LogP contribution in [0.2, 0.25) is 18.1 Å². The second-order valence-electron chi connectivity index (χ2n) is 10.9. The lowest BCUT2D eigenvalue weighted by molar-refractivity contribution is -0.132. The van der Waals surface area contributed by atoms with Gasteiger partial charge in [0.2, 0.25) is 0 Å². The molecule has 0 saturated carbocycles. The third-order valence-corrected chi connectivity index (χ3v) is 10.5. The second-order valence-corrected chi connectivity index (χ2v) is 15.7. The molecule has 0 bridgehead atoms. The number of carbonyl (C=O) groups excluding carboxylic acids is 2. The van der Waals surface area contributed by atoms with Gasteiger partial charge in [0, 0.05) is 13.0 Å². The third-order valence-electron chi connectivity index (χ3n) is 5.90. The van der Waals surface area contributed by atoms with Gasteiger partial charge >= 0.3 is 6.09 Å². The molecule has 3 atom stereocenters. The number of ketones is 1. The van der Waals surface area contributed by atoms with Crippen LogP contribution in [0.5, 0.6) is 0 Å². The van der Waals surface area contributed by atoms with Crippen LogP contribution in [0.4, 0.5) is 4.79 Å². The molecule has 0 aliphatic carbocycles.